The predicted molar refractivity (Wildman–Crippen MR) is 63.0 cm³/mol. The summed E-state index contributed by atoms with van der Waals surface area (Å²) in [6.07, 6.45) is 1.80. The SMILES string of the molecule is CCC(CC)(CO)NCc1nnc(C)n1C. The molecule has 5 nitrogen and oxygen atoms in total. The Bertz CT molecular complexity index is 322. The Morgan fingerprint density at radius 2 is 1.94 bits per heavy atom. The van der Waals surface area contributed by atoms with Crippen LogP contribution in [-0.4, -0.2) is 32.0 Å². The lowest BCUT2D eigenvalue weighted by atomic mass is 9.94. The second-order valence-corrected chi connectivity index (χ2v) is 4.22. The molecule has 0 bridgehead atoms. The third kappa shape index (κ3) is 2.59. The third-order valence-corrected chi connectivity index (χ3v) is 3.46. The highest BCUT2D eigenvalue weighted by Gasteiger charge is 2.24. The first-order valence-corrected chi connectivity index (χ1v) is 5.79. The van der Waals surface area contributed by atoms with Crippen molar-refractivity contribution in [2.45, 2.75) is 45.7 Å². The fourth-order valence-electron chi connectivity index (χ4n) is 1.65. The second kappa shape index (κ2) is 5.41. The molecule has 0 saturated carbocycles. The largest absolute Gasteiger partial charge is 0.394 e. The van der Waals surface area contributed by atoms with E-state index in [-0.39, 0.29) is 12.1 Å². The van der Waals surface area contributed by atoms with E-state index in [1.165, 1.54) is 0 Å². The summed E-state index contributed by atoms with van der Waals surface area (Å²) in [7, 11) is 1.95. The van der Waals surface area contributed by atoms with Gasteiger partial charge in [0.2, 0.25) is 0 Å². The van der Waals surface area contributed by atoms with Gasteiger partial charge in [-0.25, -0.2) is 0 Å². The van der Waals surface area contributed by atoms with Gasteiger partial charge in [0.25, 0.3) is 0 Å². The zero-order valence-corrected chi connectivity index (χ0v) is 10.6. The van der Waals surface area contributed by atoms with Crippen molar-refractivity contribution in [3.05, 3.63) is 11.6 Å². The number of aliphatic hydroxyl groups excluding tert-OH is 1. The second-order valence-electron chi connectivity index (χ2n) is 4.22. The Labute approximate surface area is 96.9 Å². The van der Waals surface area contributed by atoms with Crippen LogP contribution in [0.15, 0.2) is 0 Å². The van der Waals surface area contributed by atoms with Crippen molar-refractivity contribution in [1.82, 2.24) is 20.1 Å². The van der Waals surface area contributed by atoms with E-state index in [2.05, 4.69) is 29.4 Å². The molecule has 92 valence electrons. The van der Waals surface area contributed by atoms with Crippen molar-refractivity contribution in [1.29, 1.82) is 0 Å². The Kier molecular flexibility index (Phi) is 4.44. The van der Waals surface area contributed by atoms with Crippen LogP contribution in [0.1, 0.15) is 38.3 Å². The Hall–Kier alpha value is -0.940. The molecule has 0 radical (unpaired) electrons. The average molecular weight is 226 g/mol. The minimum atomic E-state index is -0.195. The molecule has 1 aromatic heterocycles. The fraction of sp³-hybridized carbons (Fsp3) is 0.818. The summed E-state index contributed by atoms with van der Waals surface area (Å²) in [6.45, 7) is 6.87. The van der Waals surface area contributed by atoms with Crippen LogP contribution in [0.3, 0.4) is 0 Å². The Balaban J connectivity index is 2.66. The van der Waals surface area contributed by atoms with Gasteiger partial charge in [-0.15, -0.1) is 10.2 Å². The molecule has 0 aliphatic carbocycles. The monoisotopic (exact) mass is 226 g/mol. The Morgan fingerprint density at radius 1 is 1.31 bits per heavy atom. The van der Waals surface area contributed by atoms with Crippen LogP contribution in [0.25, 0.3) is 0 Å². The number of aliphatic hydroxyl groups is 1. The highest BCUT2D eigenvalue weighted by molar-refractivity contribution is 4.94. The molecule has 0 saturated heterocycles. The average Bonchev–Trinajstić information content (AvgIpc) is 2.63. The quantitative estimate of drug-likeness (QED) is 0.752. The maximum Gasteiger partial charge on any atom is 0.146 e. The molecule has 1 heterocycles. The van der Waals surface area contributed by atoms with E-state index in [1.807, 2.05) is 18.5 Å². The number of nitrogens with one attached hydrogen (secondary N) is 1. The van der Waals surface area contributed by atoms with E-state index in [1.54, 1.807) is 0 Å². The van der Waals surface area contributed by atoms with Crippen LogP contribution in [0, 0.1) is 6.92 Å². The summed E-state index contributed by atoms with van der Waals surface area (Å²) in [5, 5.41) is 20.9. The number of hydrogen-bond acceptors (Lipinski definition) is 4. The maximum absolute atomic E-state index is 9.42. The highest BCUT2D eigenvalue weighted by atomic mass is 16.3. The normalized spacial score (nSPS) is 12.1. The summed E-state index contributed by atoms with van der Waals surface area (Å²) < 4.78 is 1.96. The van der Waals surface area contributed by atoms with E-state index in [4.69, 9.17) is 0 Å². The minimum Gasteiger partial charge on any atom is -0.394 e. The minimum absolute atomic E-state index is 0.150. The van der Waals surface area contributed by atoms with Gasteiger partial charge >= 0.3 is 0 Å². The summed E-state index contributed by atoms with van der Waals surface area (Å²) in [4.78, 5) is 0. The summed E-state index contributed by atoms with van der Waals surface area (Å²) >= 11 is 0. The van der Waals surface area contributed by atoms with Gasteiger partial charge in [-0.3, -0.25) is 0 Å². The van der Waals surface area contributed by atoms with Crippen LogP contribution in [0.4, 0.5) is 0 Å². The molecule has 0 aliphatic rings. The molecule has 0 spiro atoms. The van der Waals surface area contributed by atoms with E-state index < -0.39 is 0 Å². The standard InChI is InChI=1S/C11H22N4O/c1-5-11(6-2,8-16)12-7-10-14-13-9(3)15(10)4/h12,16H,5-8H2,1-4H3. The van der Waals surface area contributed by atoms with Crippen molar-refractivity contribution in [2.75, 3.05) is 6.61 Å². The van der Waals surface area contributed by atoms with Gasteiger partial charge in [0.1, 0.15) is 11.6 Å². The zero-order chi connectivity index (χ0) is 12.2. The molecule has 1 rings (SSSR count). The number of aryl methyl sites for hydroxylation is 1. The van der Waals surface area contributed by atoms with Crippen LogP contribution >= 0.6 is 0 Å². The van der Waals surface area contributed by atoms with Crippen molar-refractivity contribution in [2.24, 2.45) is 7.05 Å². The molecular formula is C11H22N4O. The first-order valence-electron chi connectivity index (χ1n) is 5.79. The molecule has 16 heavy (non-hydrogen) atoms. The molecule has 0 aliphatic heterocycles. The van der Waals surface area contributed by atoms with E-state index in [0.29, 0.717) is 6.54 Å². The maximum atomic E-state index is 9.42. The van der Waals surface area contributed by atoms with Crippen LogP contribution < -0.4 is 5.32 Å². The highest BCUT2D eigenvalue weighted by Crippen LogP contribution is 2.14. The summed E-state index contributed by atoms with van der Waals surface area (Å²) in [5.41, 5.74) is -0.195. The lowest BCUT2D eigenvalue weighted by Gasteiger charge is -2.30. The molecule has 0 amide bonds. The predicted octanol–water partition coefficient (Wildman–Crippen LogP) is 0.764. The van der Waals surface area contributed by atoms with Gasteiger partial charge in [-0.2, -0.15) is 0 Å². The smallest absolute Gasteiger partial charge is 0.146 e. The molecule has 0 aromatic carbocycles. The van der Waals surface area contributed by atoms with Crippen molar-refractivity contribution in [3.63, 3.8) is 0 Å². The van der Waals surface area contributed by atoms with E-state index in [0.717, 1.165) is 24.5 Å². The first kappa shape index (κ1) is 13.1. The zero-order valence-electron chi connectivity index (χ0n) is 10.6. The van der Waals surface area contributed by atoms with Crippen molar-refractivity contribution >= 4 is 0 Å². The molecule has 0 fully saturated rings. The van der Waals surface area contributed by atoms with Gasteiger partial charge in [0.05, 0.1) is 13.2 Å². The Morgan fingerprint density at radius 3 is 2.31 bits per heavy atom. The van der Waals surface area contributed by atoms with Crippen LogP contribution in [-0.2, 0) is 13.6 Å². The van der Waals surface area contributed by atoms with Gasteiger partial charge in [-0.05, 0) is 19.8 Å². The lowest BCUT2D eigenvalue weighted by molar-refractivity contribution is 0.148. The topological polar surface area (TPSA) is 63.0 Å². The first-order chi connectivity index (χ1) is 7.58. The number of nitrogens with zero attached hydrogens (tertiary/aromatic N) is 3. The van der Waals surface area contributed by atoms with Gasteiger partial charge in [0, 0.05) is 12.6 Å². The van der Waals surface area contributed by atoms with Gasteiger partial charge in [-0.1, -0.05) is 13.8 Å². The van der Waals surface area contributed by atoms with Gasteiger partial charge < -0.3 is 15.0 Å². The van der Waals surface area contributed by atoms with Crippen molar-refractivity contribution < 1.29 is 5.11 Å². The fourth-order valence-corrected chi connectivity index (χ4v) is 1.65. The van der Waals surface area contributed by atoms with E-state index in [9.17, 15) is 5.11 Å². The lowest BCUT2D eigenvalue weighted by Crippen LogP contribution is -2.47. The number of aromatic nitrogens is 3. The molecule has 0 atom stereocenters. The molecule has 5 heteroatoms. The van der Waals surface area contributed by atoms with E-state index >= 15 is 0 Å². The van der Waals surface area contributed by atoms with Crippen LogP contribution in [0.2, 0.25) is 0 Å². The third-order valence-electron chi connectivity index (χ3n) is 3.46. The van der Waals surface area contributed by atoms with Crippen LogP contribution in [0.5, 0.6) is 0 Å². The van der Waals surface area contributed by atoms with Gasteiger partial charge in [0.15, 0.2) is 0 Å². The molecule has 1 aromatic rings. The summed E-state index contributed by atoms with van der Waals surface area (Å²) in [5.74, 6) is 1.80. The molecule has 2 N–H and O–H groups in total. The van der Waals surface area contributed by atoms with Crippen molar-refractivity contribution in [3.8, 4) is 0 Å². The number of rotatable bonds is 6. The number of hydrogen-bond donors (Lipinski definition) is 2. The molecular weight excluding hydrogens is 204 g/mol. The summed E-state index contributed by atoms with van der Waals surface area (Å²) in [6, 6.07) is 0. The molecule has 0 unspecified atom stereocenters.